The highest BCUT2D eigenvalue weighted by molar-refractivity contribution is 7.11. The van der Waals surface area contributed by atoms with E-state index in [9.17, 15) is 15.0 Å². The number of thiazole rings is 1. The maximum absolute atomic E-state index is 10.7. The molecule has 0 fully saturated rings. The zero-order valence-corrected chi connectivity index (χ0v) is 10.3. The second-order valence-corrected chi connectivity index (χ2v) is 4.87. The number of amides is 1. The highest BCUT2D eigenvalue weighted by atomic mass is 32.1. The Kier molecular flexibility index (Phi) is 4.40. The molecular weight excluding hydrogens is 228 g/mol. The van der Waals surface area contributed by atoms with Gasteiger partial charge in [0.05, 0.1) is 15.6 Å². The van der Waals surface area contributed by atoms with Gasteiger partial charge in [-0.1, -0.05) is 0 Å². The van der Waals surface area contributed by atoms with Crippen molar-refractivity contribution < 1.29 is 15.0 Å². The van der Waals surface area contributed by atoms with E-state index in [0.717, 1.165) is 10.7 Å². The first-order chi connectivity index (χ1) is 7.41. The first kappa shape index (κ1) is 13.1. The number of nitrogens with one attached hydrogen (secondary N) is 1. The van der Waals surface area contributed by atoms with Crippen molar-refractivity contribution in [3.05, 3.63) is 15.6 Å². The predicted molar refractivity (Wildman–Crippen MR) is 61.2 cm³/mol. The standard InChI is InChI=1S/C10H16N2O3S/c1-5-10(16-7(3)12-5)9(15)8(14)4-11-6(2)13/h8-9,14-15H,4H2,1-3H3,(H,11,13). The van der Waals surface area contributed by atoms with Gasteiger partial charge in [0.2, 0.25) is 5.91 Å². The lowest BCUT2D eigenvalue weighted by atomic mass is 10.1. The highest BCUT2D eigenvalue weighted by Gasteiger charge is 2.22. The first-order valence-electron chi connectivity index (χ1n) is 4.96. The molecule has 1 heterocycles. The van der Waals surface area contributed by atoms with Crippen LogP contribution in [-0.4, -0.2) is 33.8 Å². The SMILES string of the molecule is CC(=O)NCC(O)C(O)c1sc(C)nc1C. The number of nitrogens with zero attached hydrogens (tertiary/aromatic N) is 1. The van der Waals surface area contributed by atoms with Crippen molar-refractivity contribution >= 4 is 17.2 Å². The Morgan fingerprint density at radius 1 is 1.50 bits per heavy atom. The number of rotatable bonds is 4. The molecule has 0 bridgehead atoms. The van der Waals surface area contributed by atoms with E-state index in [2.05, 4.69) is 10.3 Å². The summed E-state index contributed by atoms with van der Waals surface area (Å²) in [5.41, 5.74) is 0.719. The Bertz CT molecular complexity index is 378. The fourth-order valence-corrected chi connectivity index (χ4v) is 2.33. The normalized spacial score (nSPS) is 14.6. The van der Waals surface area contributed by atoms with Gasteiger partial charge in [-0.15, -0.1) is 11.3 Å². The molecule has 0 aliphatic rings. The van der Waals surface area contributed by atoms with Crippen molar-refractivity contribution in [2.45, 2.75) is 33.0 Å². The van der Waals surface area contributed by atoms with Gasteiger partial charge in [0.1, 0.15) is 12.2 Å². The molecule has 1 aromatic rings. The molecule has 0 aliphatic heterocycles. The molecule has 0 radical (unpaired) electrons. The lowest BCUT2D eigenvalue weighted by Gasteiger charge is -2.17. The molecule has 1 rings (SSSR count). The number of carbonyl (C=O) groups excluding carboxylic acids is 1. The van der Waals surface area contributed by atoms with Gasteiger partial charge in [0.15, 0.2) is 0 Å². The summed E-state index contributed by atoms with van der Waals surface area (Å²) in [5.74, 6) is -0.233. The molecule has 90 valence electrons. The smallest absolute Gasteiger partial charge is 0.216 e. The number of carbonyl (C=O) groups is 1. The largest absolute Gasteiger partial charge is 0.388 e. The quantitative estimate of drug-likeness (QED) is 0.711. The molecule has 2 atom stereocenters. The Balaban J connectivity index is 2.66. The van der Waals surface area contributed by atoms with E-state index < -0.39 is 12.2 Å². The minimum Gasteiger partial charge on any atom is -0.388 e. The van der Waals surface area contributed by atoms with Gasteiger partial charge in [-0.25, -0.2) is 4.98 Å². The van der Waals surface area contributed by atoms with E-state index in [-0.39, 0.29) is 12.5 Å². The molecule has 0 spiro atoms. The molecule has 0 aliphatic carbocycles. The molecule has 0 saturated heterocycles. The van der Waals surface area contributed by atoms with Crippen LogP contribution in [0.25, 0.3) is 0 Å². The topological polar surface area (TPSA) is 82.5 Å². The van der Waals surface area contributed by atoms with E-state index in [4.69, 9.17) is 0 Å². The summed E-state index contributed by atoms with van der Waals surface area (Å²) >= 11 is 1.35. The van der Waals surface area contributed by atoms with Crippen molar-refractivity contribution in [1.29, 1.82) is 0 Å². The van der Waals surface area contributed by atoms with Gasteiger partial charge in [0.25, 0.3) is 0 Å². The van der Waals surface area contributed by atoms with Gasteiger partial charge in [-0.3, -0.25) is 4.79 Å². The molecule has 2 unspecified atom stereocenters. The van der Waals surface area contributed by atoms with Gasteiger partial charge in [-0.2, -0.15) is 0 Å². The molecular formula is C10H16N2O3S. The number of hydrogen-bond donors (Lipinski definition) is 3. The fourth-order valence-electron chi connectivity index (χ4n) is 1.36. The third kappa shape index (κ3) is 3.26. The van der Waals surface area contributed by atoms with E-state index in [1.54, 1.807) is 6.92 Å². The van der Waals surface area contributed by atoms with Crippen LogP contribution in [0.1, 0.15) is 28.6 Å². The number of aliphatic hydroxyl groups excluding tert-OH is 2. The summed E-state index contributed by atoms with van der Waals surface area (Å²) < 4.78 is 0. The lowest BCUT2D eigenvalue weighted by Crippen LogP contribution is -2.34. The van der Waals surface area contributed by atoms with Gasteiger partial charge in [0, 0.05) is 13.5 Å². The van der Waals surface area contributed by atoms with Crippen LogP contribution in [0, 0.1) is 13.8 Å². The summed E-state index contributed by atoms with van der Waals surface area (Å²) in [4.78, 5) is 15.5. The summed E-state index contributed by atoms with van der Waals surface area (Å²) in [5, 5.41) is 22.8. The average Bonchev–Trinajstić information content (AvgIpc) is 2.53. The number of aromatic nitrogens is 1. The minimum atomic E-state index is -1.01. The monoisotopic (exact) mass is 244 g/mol. The van der Waals surface area contributed by atoms with Crippen molar-refractivity contribution in [3.63, 3.8) is 0 Å². The summed E-state index contributed by atoms with van der Waals surface area (Å²) in [6, 6.07) is 0. The van der Waals surface area contributed by atoms with E-state index >= 15 is 0 Å². The maximum atomic E-state index is 10.7. The summed E-state index contributed by atoms with van der Waals surface area (Å²) in [7, 11) is 0. The zero-order valence-electron chi connectivity index (χ0n) is 9.52. The van der Waals surface area contributed by atoms with Gasteiger partial charge >= 0.3 is 0 Å². The number of aryl methyl sites for hydroxylation is 2. The zero-order chi connectivity index (χ0) is 12.3. The molecule has 3 N–H and O–H groups in total. The lowest BCUT2D eigenvalue weighted by molar-refractivity contribution is -0.119. The van der Waals surface area contributed by atoms with E-state index in [1.807, 2.05) is 6.92 Å². The summed E-state index contributed by atoms with van der Waals surface area (Å²) in [6.07, 6.45) is -2.01. The maximum Gasteiger partial charge on any atom is 0.216 e. The molecule has 1 aromatic heterocycles. The highest BCUT2D eigenvalue weighted by Crippen LogP contribution is 2.26. The average molecular weight is 244 g/mol. The van der Waals surface area contributed by atoms with Crippen LogP contribution in [0.2, 0.25) is 0 Å². The second kappa shape index (κ2) is 5.38. The van der Waals surface area contributed by atoms with E-state index in [1.165, 1.54) is 18.3 Å². The third-order valence-electron chi connectivity index (χ3n) is 2.13. The van der Waals surface area contributed by atoms with Crippen LogP contribution < -0.4 is 5.32 Å². The van der Waals surface area contributed by atoms with Crippen LogP contribution in [0.5, 0.6) is 0 Å². The number of hydrogen-bond acceptors (Lipinski definition) is 5. The van der Waals surface area contributed by atoms with Crippen LogP contribution in [0.4, 0.5) is 0 Å². The van der Waals surface area contributed by atoms with Crippen molar-refractivity contribution in [3.8, 4) is 0 Å². The Morgan fingerprint density at radius 3 is 2.56 bits per heavy atom. The summed E-state index contributed by atoms with van der Waals surface area (Å²) in [6.45, 7) is 5.02. The minimum absolute atomic E-state index is 0.0346. The molecule has 16 heavy (non-hydrogen) atoms. The first-order valence-corrected chi connectivity index (χ1v) is 5.78. The number of aliphatic hydroxyl groups is 2. The molecule has 1 amide bonds. The Hall–Kier alpha value is -0.980. The van der Waals surface area contributed by atoms with Crippen molar-refractivity contribution in [2.75, 3.05) is 6.54 Å². The van der Waals surface area contributed by atoms with Crippen LogP contribution >= 0.6 is 11.3 Å². The van der Waals surface area contributed by atoms with Gasteiger partial charge in [-0.05, 0) is 13.8 Å². The van der Waals surface area contributed by atoms with Gasteiger partial charge < -0.3 is 15.5 Å². The van der Waals surface area contributed by atoms with Crippen molar-refractivity contribution in [1.82, 2.24) is 10.3 Å². The Labute approximate surface area is 98.1 Å². The predicted octanol–water partition coefficient (Wildman–Crippen LogP) is 0.290. The van der Waals surface area contributed by atoms with Crippen LogP contribution in [0.3, 0.4) is 0 Å². The second-order valence-electron chi connectivity index (χ2n) is 3.63. The Morgan fingerprint density at radius 2 is 2.12 bits per heavy atom. The molecule has 0 aromatic carbocycles. The van der Waals surface area contributed by atoms with Crippen molar-refractivity contribution in [2.24, 2.45) is 0 Å². The third-order valence-corrected chi connectivity index (χ3v) is 3.28. The molecule has 5 nitrogen and oxygen atoms in total. The van der Waals surface area contributed by atoms with Crippen LogP contribution in [-0.2, 0) is 4.79 Å². The molecule has 6 heteroatoms. The van der Waals surface area contributed by atoms with Crippen LogP contribution in [0.15, 0.2) is 0 Å². The molecule has 0 saturated carbocycles. The van der Waals surface area contributed by atoms with E-state index in [0.29, 0.717) is 4.88 Å². The fraction of sp³-hybridized carbons (Fsp3) is 0.600.